The first-order valence-electron chi connectivity index (χ1n) is 4.98. The molecule has 0 bridgehead atoms. The van der Waals surface area contributed by atoms with Gasteiger partial charge < -0.3 is 20.6 Å². The quantitative estimate of drug-likeness (QED) is 0.726. The van der Waals surface area contributed by atoms with Crippen LogP contribution < -0.4 is 22.8 Å². The second-order valence-corrected chi connectivity index (χ2v) is 3.49. The summed E-state index contributed by atoms with van der Waals surface area (Å²) in [5, 5.41) is 0. The van der Waals surface area contributed by atoms with E-state index in [1.54, 1.807) is 38.6 Å². The molecular weight excluding hydrogens is 296 g/mol. The molecule has 0 aliphatic rings. The van der Waals surface area contributed by atoms with Gasteiger partial charge in [-0.05, 0) is 12.1 Å². The van der Waals surface area contributed by atoms with Crippen molar-refractivity contribution >= 4 is 24.0 Å². The Morgan fingerprint density at radius 2 is 1.14 bits per heavy atom. The van der Waals surface area contributed by atoms with Crippen molar-refractivity contribution in [2.45, 2.75) is 14.9 Å². The lowest BCUT2D eigenvalue weighted by Gasteiger charge is -1.92. The monoisotopic (exact) mass is 318 g/mol. The first-order chi connectivity index (χ1) is 8.40. The summed E-state index contributed by atoms with van der Waals surface area (Å²) < 4.78 is 2.72. The minimum absolute atomic E-state index is 0. The van der Waals surface area contributed by atoms with Crippen LogP contribution in [0, 0.1) is 0 Å². The summed E-state index contributed by atoms with van der Waals surface area (Å²) in [5.74, 6) is 0.524. The van der Waals surface area contributed by atoms with Crippen molar-refractivity contribution in [3.8, 4) is 0 Å². The fourth-order valence-corrected chi connectivity index (χ4v) is 0.957. The molecule has 9 heteroatoms. The van der Waals surface area contributed by atoms with Gasteiger partial charge in [0.1, 0.15) is 11.6 Å². The molecule has 0 spiro atoms. The van der Waals surface area contributed by atoms with E-state index >= 15 is 0 Å². The number of nitrogen functional groups attached to an aromatic ring is 2. The number of anilines is 2. The maximum Gasteiger partial charge on any atom is 0.349 e. The molecule has 2 heterocycles. The molecule has 120 valence electrons. The maximum absolute atomic E-state index is 10.6. The van der Waals surface area contributed by atoms with Crippen LogP contribution in [0.3, 0.4) is 0 Å². The number of aryl methyl sites for hydroxylation is 2. The van der Waals surface area contributed by atoms with Gasteiger partial charge in [-0.3, -0.25) is 0 Å². The zero-order valence-corrected chi connectivity index (χ0v) is 11.3. The van der Waals surface area contributed by atoms with Crippen LogP contribution in [-0.2, 0) is 14.1 Å². The topological polar surface area (TPSA) is 122 Å². The van der Waals surface area contributed by atoms with Gasteiger partial charge in [0.05, 0.1) is 0 Å². The zero-order valence-electron chi connectivity index (χ0n) is 10.5. The number of nitrogens with two attached hydrogens (primary N) is 2. The number of hydrogen-bond donors (Lipinski definition) is 2. The molecule has 0 amide bonds. The SMILES string of the molecule is C.C.Cl.Cn1ccc(N)nc1=O.Cn1ccc(N)nc1=O. The molecule has 0 aromatic carbocycles. The molecule has 4 N–H and O–H groups in total. The smallest absolute Gasteiger partial charge is 0.349 e. The Morgan fingerprint density at radius 3 is 1.33 bits per heavy atom. The number of hydrogen-bond acceptors (Lipinski definition) is 6. The van der Waals surface area contributed by atoms with Crippen LogP contribution in [0.25, 0.3) is 0 Å². The van der Waals surface area contributed by atoms with Crippen LogP contribution in [0.5, 0.6) is 0 Å². The molecule has 0 saturated carbocycles. The van der Waals surface area contributed by atoms with Crippen LogP contribution in [0.4, 0.5) is 11.6 Å². The Hall–Kier alpha value is -2.35. The van der Waals surface area contributed by atoms with Gasteiger partial charge in [0.15, 0.2) is 0 Å². The lowest BCUT2D eigenvalue weighted by Crippen LogP contribution is -2.19. The second kappa shape index (κ2) is 10.4. The van der Waals surface area contributed by atoms with E-state index in [1.165, 1.54) is 9.13 Å². The van der Waals surface area contributed by atoms with E-state index in [2.05, 4.69) is 9.97 Å². The second-order valence-electron chi connectivity index (χ2n) is 3.49. The van der Waals surface area contributed by atoms with E-state index in [4.69, 9.17) is 11.5 Å². The van der Waals surface area contributed by atoms with Gasteiger partial charge in [-0.2, -0.15) is 9.97 Å². The summed E-state index contributed by atoms with van der Waals surface area (Å²) in [5.41, 5.74) is 9.76. The van der Waals surface area contributed by atoms with Crippen LogP contribution in [0.15, 0.2) is 34.1 Å². The molecule has 0 fully saturated rings. The van der Waals surface area contributed by atoms with Gasteiger partial charge in [0.2, 0.25) is 0 Å². The Balaban J connectivity index is -0.000000270. The van der Waals surface area contributed by atoms with Gasteiger partial charge in [-0.1, -0.05) is 14.9 Å². The number of halogens is 1. The average Bonchev–Trinajstić information content (AvgIpc) is 2.30. The third kappa shape index (κ3) is 7.73. The van der Waals surface area contributed by atoms with Gasteiger partial charge in [0, 0.05) is 26.5 Å². The first kappa shape index (κ1) is 23.7. The summed E-state index contributed by atoms with van der Waals surface area (Å²) >= 11 is 0. The van der Waals surface area contributed by atoms with E-state index in [-0.39, 0.29) is 50.3 Å². The number of nitrogens with zero attached hydrogens (tertiary/aromatic N) is 4. The molecule has 0 aliphatic carbocycles. The number of aromatic nitrogens is 4. The molecule has 0 atom stereocenters. The third-order valence-electron chi connectivity index (χ3n) is 1.99. The highest BCUT2D eigenvalue weighted by Gasteiger charge is 1.89. The summed E-state index contributed by atoms with van der Waals surface area (Å²) in [6.45, 7) is 0. The van der Waals surface area contributed by atoms with Crippen molar-refractivity contribution in [1.82, 2.24) is 19.1 Å². The predicted molar refractivity (Wildman–Crippen MR) is 88.5 cm³/mol. The highest BCUT2D eigenvalue weighted by molar-refractivity contribution is 5.85. The molecule has 0 radical (unpaired) electrons. The van der Waals surface area contributed by atoms with Gasteiger partial charge in [0.25, 0.3) is 0 Å². The zero-order chi connectivity index (χ0) is 13.7. The highest BCUT2D eigenvalue weighted by atomic mass is 35.5. The standard InChI is InChI=1S/2C5H7N3O.2CH4.ClH/c2*1-8-3-2-4(6)7-5(8)9;;;/h2*2-3H,1H3,(H2,6,7,9);2*1H4;1H. The molecule has 2 aromatic rings. The molecule has 0 unspecified atom stereocenters. The molecule has 0 aliphatic heterocycles. The molecule has 2 rings (SSSR count). The fraction of sp³-hybridized carbons (Fsp3) is 0.333. The van der Waals surface area contributed by atoms with Crippen molar-refractivity contribution in [1.29, 1.82) is 0 Å². The van der Waals surface area contributed by atoms with E-state index in [9.17, 15) is 9.59 Å². The first-order valence-corrected chi connectivity index (χ1v) is 4.98. The Bertz CT molecular complexity index is 595. The van der Waals surface area contributed by atoms with Crippen molar-refractivity contribution in [2.24, 2.45) is 14.1 Å². The van der Waals surface area contributed by atoms with E-state index in [0.29, 0.717) is 0 Å². The summed E-state index contributed by atoms with van der Waals surface area (Å²) in [6, 6.07) is 3.14. The molecule has 0 saturated heterocycles. The summed E-state index contributed by atoms with van der Waals surface area (Å²) in [4.78, 5) is 28.1. The normalized spacial score (nSPS) is 8.10. The maximum atomic E-state index is 10.6. The van der Waals surface area contributed by atoms with Crippen LogP contribution in [0.1, 0.15) is 14.9 Å². The average molecular weight is 319 g/mol. The predicted octanol–water partition coefficient (Wildman–Crippen LogP) is 0.419. The Morgan fingerprint density at radius 1 is 0.857 bits per heavy atom. The molecule has 21 heavy (non-hydrogen) atoms. The van der Waals surface area contributed by atoms with E-state index < -0.39 is 0 Å². The lowest BCUT2D eigenvalue weighted by molar-refractivity contribution is 0.814. The van der Waals surface area contributed by atoms with E-state index in [0.717, 1.165) is 0 Å². The van der Waals surface area contributed by atoms with E-state index in [1.807, 2.05) is 0 Å². The van der Waals surface area contributed by atoms with Gasteiger partial charge in [-0.25, -0.2) is 9.59 Å². The minimum atomic E-state index is -0.324. The highest BCUT2D eigenvalue weighted by Crippen LogP contribution is 1.86. The van der Waals surface area contributed by atoms with Crippen molar-refractivity contribution in [2.75, 3.05) is 11.5 Å². The lowest BCUT2D eigenvalue weighted by atomic mass is 10.6. The van der Waals surface area contributed by atoms with Gasteiger partial charge in [-0.15, -0.1) is 12.4 Å². The van der Waals surface area contributed by atoms with Crippen molar-refractivity contribution in [3.05, 3.63) is 45.5 Å². The Labute approximate surface area is 129 Å². The molecule has 8 nitrogen and oxygen atoms in total. The third-order valence-corrected chi connectivity index (χ3v) is 1.99. The minimum Gasteiger partial charge on any atom is -0.383 e. The van der Waals surface area contributed by atoms with Crippen molar-refractivity contribution in [3.63, 3.8) is 0 Å². The summed E-state index contributed by atoms with van der Waals surface area (Å²) in [7, 11) is 3.24. The Kier molecular flexibility index (Phi) is 11.8. The van der Waals surface area contributed by atoms with Crippen LogP contribution in [0.2, 0.25) is 0 Å². The van der Waals surface area contributed by atoms with Crippen LogP contribution >= 0.6 is 12.4 Å². The molecule has 2 aromatic heterocycles. The summed E-state index contributed by atoms with van der Waals surface area (Å²) in [6.07, 6.45) is 3.15. The van der Waals surface area contributed by atoms with Crippen LogP contribution in [-0.4, -0.2) is 19.1 Å². The molecular formula is C12H23ClN6O2. The number of rotatable bonds is 0. The fourth-order valence-electron chi connectivity index (χ4n) is 0.957. The van der Waals surface area contributed by atoms with Gasteiger partial charge >= 0.3 is 11.4 Å². The largest absolute Gasteiger partial charge is 0.383 e. The van der Waals surface area contributed by atoms with Crippen molar-refractivity contribution < 1.29 is 0 Å².